The molecule has 2 aromatic carbocycles. The Labute approximate surface area is 234 Å². The van der Waals surface area contributed by atoms with E-state index in [-0.39, 0.29) is 12.4 Å². The molecule has 0 amide bonds. The molecule has 6 atom stereocenters. The zero-order chi connectivity index (χ0) is 28.9. The van der Waals surface area contributed by atoms with Crippen molar-refractivity contribution in [1.82, 2.24) is 14.6 Å². The fourth-order valence-electron chi connectivity index (χ4n) is 3.99. The third kappa shape index (κ3) is 7.08. The summed E-state index contributed by atoms with van der Waals surface area (Å²) in [7, 11) is -4.28. The number of benzene rings is 2. The number of rotatable bonds is 11. The monoisotopic (exact) mass is 593 g/mol. The number of hydrogen-bond donors (Lipinski definition) is 3. The Balaban J connectivity index is 1.48. The molecule has 0 unspecified atom stereocenters. The van der Waals surface area contributed by atoms with Crippen molar-refractivity contribution in [3.63, 3.8) is 0 Å². The van der Waals surface area contributed by atoms with Crippen molar-refractivity contribution < 1.29 is 33.0 Å². The maximum atomic E-state index is 13.8. The predicted molar refractivity (Wildman–Crippen MR) is 145 cm³/mol. The lowest BCUT2D eigenvalue weighted by Gasteiger charge is -2.26. The normalized spacial score (nSPS) is 24.6. The first-order valence-corrected chi connectivity index (χ1v) is 14.2. The molecular formula is C26H29ClN3O9P. The summed E-state index contributed by atoms with van der Waals surface area (Å²) in [4.78, 5) is 37.0. The molecule has 3 aromatic rings. The number of alkyl halides is 1. The van der Waals surface area contributed by atoms with Gasteiger partial charge in [0.25, 0.3) is 5.56 Å². The number of halogens is 1. The fourth-order valence-corrected chi connectivity index (χ4v) is 5.79. The number of aromatic nitrogens is 2. The molecule has 0 radical (unpaired) electrons. The van der Waals surface area contributed by atoms with Crippen LogP contribution >= 0.6 is 19.3 Å². The minimum Gasteiger partial charge on any atom is -0.460 e. The number of nitrogens with zero attached hydrogens (tertiary/aromatic N) is 1. The summed E-state index contributed by atoms with van der Waals surface area (Å²) in [6.45, 7) is 2.40. The molecule has 2 heterocycles. The van der Waals surface area contributed by atoms with Crippen LogP contribution in [0.4, 0.5) is 0 Å². The van der Waals surface area contributed by atoms with Gasteiger partial charge in [0.15, 0.2) is 6.23 Å². The number of carbonyl (C=O) groups excluding carboxylic acids is 1. The molecule has 0 saturated carbocycles. The Bertz CT molecular complexity index is 1470. The summed E-state index contributed by atoms with van der Waals surface area (Å²) in [5, 5.41) is 13.4. The topological polar surface area (TPSA) is 158 Å². The van der Waals surface area contributed by atoms with Gasteiger partial charge < -0.3 is 19.1 Å². The quantitative estimate of drug-likeness (QED) is 0.171. The Morgan fingerprint density at radius 2 is 1.82 bits per heavy atom. The average Bonchev–Trinajstić information content (AvgIpc) is 3.15. The molecule has 40 heavy (non-hydrogen) atoms. The predicted octanol–water partition coefficient (Wildman–Crippen LogP) is 2.72. The largest absolute Gasteiger partial charge is 0.460 e. The Kier molecular flexibility index (Phi) is 9.29. The number of hydrogen-bond acceptors (Lipinski definition) is 9. The summed E-state index contributed by atoms with van der Waals surface area (Å²) >= 11 is 6.56. The van der Waals surface area contributed by atoms with Crippen molar-refractivity contribution in [1.29, 1.82) is 0 Å². The summed E-state index contributed by atoms with van der Waals surface area (Å²) in [6.07, 6.45) is -2.56. The highest BCUT2D eigenvalue weighted by molar-refractivity contribution is 7.52. The molecule has 1 aliphatic heterocycles. The Morgan fingerprint density at radius 3 is 2.48 bits per heavy atom. The number of nitrogens with one attached hydrogen (secondary N) is 2. The number of carbonyl (C=O) groups is 1. The van der Waals surface area contributed by atoms with Crippen LogP contribution in [0.2, 0.25) is 0 Å². The van der Waals surface area contributed by atoms with Gasteiger partial charge in [0, 0.05) is 12.3 Å². The van der Waals surface area contributed by atoms with E-state index < -0.39 is 60.9 Å². The minimum atomic E-state index is -4.28. The number of para-hydroxylation sites is 1. The number of H-pyrrole nitrogens is 1. The molecule has 12 nitrogen and oxygen atoms in total. The van der Waals surface area contributed by atoms with Crippen LogP contribution in [0.15, 0.2) is 82.5 Å². The molecule has 4 rings (SSSR count). The number of esters is 1. The highest BCUT2D eigenvalue weighted by atomic mass is 35.5. The first kappa shape index (κ1) is 29.7. The van der Waals surface area contributed by atoms with E-state index in [0.717, 1.165) is 16.2 Å². The summed E-state index contributed by atoms with van der Waals surface area (Å²) < 4.78 is 37.2. The van der Waals surface area contributed by atoms with Crippen LogP contribution in [0.1, 0.15) is 25.6 Å². The van der Waals surface area contributed by atoms with Crippen LogP contribution in [0.3, 0.4) is 0 Å². The molecule has 0 aliphatic carbocycles. The van der Waals surface area contributed by atoms with Gasteiger partial charge in [-0.05, 0) is 31.5 Å². The van der Waals surface area contributed by atoms with Crippen LogP contribution in [-0.4, -0.2) is 50.4 Å². The lowest BCUT2D eigenvalue weighted by molar-refractivity contribution is -0.146. The lowest BCUT2D eigenvalue weighted by atomic mass is 10.0. The van der Waals surface area contributed by atoms with E-state index in [1.54, 1.807) is 42.5 Å². The summed E-state index contributed by atoms with van der Waals surface area (Å²) in [5.41, 5.74) is -0.631. The first-order valence-electron chi connectivity index (χ1n) is 12.3. The third-order valence-electron chi connectivity index (χ3n) is 6.13. The van der Waals surface area contributed by atoms with Crippen molar-refractivity contribution >= 4 is 25.3 Å². The summed E-state index contributed by atoms with van der Waals surface area (Å²) in [5.74, 6) is -0.511. The second kappa shape index (κ2) is 12.5. The second-order valence-corrected chi connectivity index (χ2v) is 11.8. The van der Waals surface area contributed by atoms with Gasteiger partial charge in [0.1, 0.15) is 35.5 Å². The van der Waals surface area contributed by atoms with Crippen molar-refractivity contribution in [3.8, 4) is 5.75 Å². The van der Waals surface area contributed by atoms with Crippen LogP contribution in [-0.2, 0) is 30.0 Å². The van der Waals surface area contributed by atoms with Gasteiger partial charge in [-0.3, -0.25) is 23.7 Å². The van der Waals surface area contributed by atoms with Gasteiger partial charge in [-0.15, -0.1) is 11.6 Å². The lowest BCUT2D eigenvalue weighted by Crippen LogP contribution is -2.43. The molecular weight excluding hydrogens is 565 g/mol. The van der Waals surface area contributed by atoms with E-state index in [1.807, 2.05) is 18.2 Å². The zero-order valence-electron chi connectivity index (χ0n) is 21.6. The van der Waals surface area contributed by atoms with Gasteiger partial charge >= 0.3 is 19.4 Å². The molecule has 0 spiro atoms. The highest BCUT2D eigenvalue weighted by Gasteiger charge is 2.54. The van der Waals surface area contributed by atoms with E-state index >= 15 is 0 Å². The molecule has 1 aliphatic rings. The standard InChI is InChI=1S/C26H29ClN3O9P/c1-17(23(33)36-15-18-9-5-3-6-10-18)29-40(35,39-19-11-7-4-8-12-19)37-16-20-22(32)26(2,27)24(38-20)30-14-13-21(31)28-25(30)34/h3-14,17,20,22,24,32H,15-16H2,1-2H3,(H,29,35)(H,28,31,34)/t17-,20-,22-,24-,26-,40-/m1/s1. The second-order valence-electron chi connectivity index (χ2n) is 9.28. The summed E-state index contributed by atoms with van der Waals surface area (Å²) in [6, 6.07) is 17.2. The Hall–Kier alpha value is -3.25. The minimum absolute atomic E-state index is 0.0122. The molecule has 0 bridgehead atoms. The van der Waals surface area contributed by atoms with Crippen molar-refractivity contribution in [2.24, 2.45) is 0 Å². The molecule has 1 fully saturated rings. The van der Waals surface area contributed by atoms with E-state index in [1.165, 1.54) is 20.0 Å². The number of aromatic amines is 1. The maximum absolute atomic E-state index is 13.8. The van der Waals surface area contributed by atoms with Crippen molar-refractivity contribution in [2.45, 2.75) is 49.8 Å². The molecule has 3 N–H and O–H groups in total. The Morgan fingerprint density at radius 1 is 1.18 bits per heavy atom. The van der Waals surface area contributed by atoms with Gasteiger partial charge in [0.2, 0.25) is 0 Å². The van der Waals surface area contributed by atoms with Crippen molar-refractivity contribution in [2.75, 3.05) is 6.61 Å². The van der Waals surface area contributed by atoms with Crippen LogP contribution < -0.4 is 20.9 Å². The maximum Gasteiger partial charge on any atom is 0.459 e. The highest BCUT2D eigenvalue weighted by Crippen LogP contribution is 2.48. The van der Waals surface area contributed by atoms with Crippen molar-refractivity contribution in [3.05, 3.63) is 99.3 Å². The van der Waals surface area contributed by atoms with Crippen LogP contribution in [0, 0.1) is 0 Å². The van der Waals surface area contributed by atoms with Crippen LogP contribution in [0.25, 0.3) is 0 Å². The average molecular weight is 594 g/mol. The SMILES string of the molecule is C[C@@H](N[P@@](=O)(OC[C@H]1O[C@@H](n2ccc(=O)[nH]c2=O)[C@](C)(Cl)[C@@H]1O)Oc1ccccc1)C(=O)OCc1ccccc1. The number of aliphatic hydroxyl groups is 1. The van der Waals surface area contributed by atoms with Crippen LogP contribution in [0.5, 0.6) is 5.75 Å². The first-order chi connectivity index (χ1) is 19.0. The number of ether oxygens (including phenoxy) is 2. The molecule has 214 valence electrons. The molecule has 14 heteroatoms. The fraction of sp³-hybridized carbons (Fsp3) is 0.346. The van der Waals surface area contributed by atoms with Gasteiger partial charge in [-0.25, -0.2) is 9.36 Å². The van der Waals surface area contributed by atoms with Gasteiger partial charge in [-0.2, -0.15) is 5.09 Å². The van der Waals surface area contributed by atoms with E-state index in [0.29, 0.717) is 0 Å². The third-order valence-corrected chi connectivity index (χ3v) is 8.18. The van der Waals surface area contributed by atoms with E-state index in [4.69, 9.17) is 30.1 Å². The number of aliphatic hydroxyl groups excluding tert-OH is 1. The molecule has 1 aromatic heterocycles. The van der Waals surface area contributed by atoms with Gasteiger partial charge in [-0.1, -0.05) is 48.5 Å². The smallest absolute Gasteiger partial charge is 0.459 e. The van der Waals surface area contributed by atoms with E-state index in [2.05, 4.69) is 10.1 Å². The molecule has 1 saturated heterocycles. The van der Waals surface area contributed by atoms with Gasteiger partial charge in [0.05, 0.1) is 6.61 Å². The zero-order valence-corrected chi connectivity index (χ0v) is 23.3. The van der Waals surface area contributed by atoms with E-state index in [9.17, 15) is 24.1 Å².